The molecular weight excluding hydrogens is 321 g/mol. The Hall–Kier alpha value is -2.55. The van der Waals surface area contributed by atoms with Gasteiger partial charge in [0, 0.05) is 19.3 Å². The van der Waals surface area contributed by atoms with Crippen LogP contribution in [-0.2, 0) is 0 Å². The molecular formula is C23H22NP. The summed E-state index contributed by atoms with van der Waals surface area (Å²) < 4.78 is 0. The SMILES string of the molecule is CCCN=C=C=P(c1ccccc1)(c1ccccc1)c1ccccc1. The molecule has 124 valence electrons. The van der Waals surface area contributed by atoms with Crippen LogP contribution in [0.1, 0.15) is 13.3 Å². The molecule has 3 rings (SSSR count). The van der Waals surface area contributed by atoms with Crippen LogP contribution in [0.3, 0.4) is 0 Å². The Balaban J connectivity index is 2.43. The van der Waals surface area contributed by atoms with Crippen molar-refractivity contribution in [1.29, 1.82) is 0 Å². The van der Waals surface area contributed by atoms with Crippen molar-refractivity contribution >= 4 is 34.1 Å². The Morgan fingerprint density at radius 3 is 1.44 bits per heavy atom. The van der Waals surface area contributed by atoms with E-state index in [0.717, 1.165) is 13.0 Å². The van der Waals surface area contributed by atoms with Crippen molar-refractivity contribution in [2.75, 3.05) is 6.54 Å². The molecule has 2 heteroatoms. The lowest BCUT2D eigenvalue weighted by atomic mass is 10.4. The zero-order valence-corrected chi connectivity index (χ0v) is 15.4. The van der Waals surface area contributed by atoms with Crippen LogP contribution in [0.25, 0.3) is 0 Å². The van der Waals surface area contributed by atoms with E-state index < -0.39 is 6.89 Å². The van der Waals surface area contributed by atoms with Gasteiger partial charge >= 0.3 is 0 Å². The number of rotatable bonds is 5. The van der Waals surface area contributed by atoms with Crippen LogP contribution in [0.15, 0.2) is 96.0 Å². The van der Waals surface area contributed by atoms with E-state index in [0.29, 0.717) is 0 Å². The van der Waals surface area contributed by atoms with Gasteiger partial charge in [0.1, 0.15) is 0 Å². The standard InChI is InChI=1S/C23H22NP/c1-2-18-24-19-20-25(21-12-6-3-7-13-21,22-14-8-4-9-15-22)23-16-10-5-11-17-23/h3-17H,2,18H2,1H3. The van der Waals surface area contributed by atoms with E-state index in [1.54, 1.807) is 0 Å². The summed E-state index contributed by atoms with van der Waals surface area (Å²) in [5.41, 5.74) is 3.61. The molecule has 0 aliphatic heterocycles. The molecule has 3 aromatic carbocycles. The third-order valence-corrected chi connectivity index (χ3v) is 7.72. The molecule has 0 aliphatic rings. The van der Waals surface area contributed by atoms with Crippen LogP contribution in [0.2, 0.25) is 0 Å². The topological polar surface area (TPSA) is 12.4 Å². The highest BCUT2D eigenvalue weighted by atomic mass is 31.2. The van der Waals surface area contributed by atoms with Gasteiger partial charge in [0.25, 0.3) is 0 Å². The van der Waals surface area contributed by atoms with Crippen molar-refractivity contribution in [3.05, 3.63) is 91.0 Å². The van der Waals surface area contributed by atoms with Gasteiger partial charge in [0.05, 0.1) is 0 Å². The molecule has 0 radical (unpaired) electrons. The maximum absolute atomic E-state index is 4.42. The van der Waals surface area contributed by atoms with E-state index in [4.69, 9.17) is 0 Å². The van der Waals surface area contributed by atoms with Gasteiger partial charge in [-0.15, -0.1) is 0 Å². The monoisotopic (exact) mass is 343 g/mol. The maximum Gasteiger partial charge on any atom is 0.0488 e. The van der Waals surface area contributed by atoms with Crippen molar-refractivity contribution < 1.29 is 0 Å². The predicted molar refractivity (Wildman–Crippen MR) is 113 cm³/mol. The summed E-state index contributed by atoms with van der Waals surface area (Å²) in [6, 6.07) is 31.9. The van der Waals surface area contributed by atoms with Crippen molar-refractivity contribution in [2.24, 2.45) is 4.99 Å². The first-order valence-electron chi connectivity index (χ1n) is 8.62. The summed E-state index contributed by atoms with van der Waals surface area (Å²) in [7, 11) is 0. The van der Waals surface area contributed by atoms with Crippen LogP contribution < -0.4 is 15.9 Å². The van der Waals surface area contributed by atoms with Crippen LogP contribution in [0.5, 0.6) is 0 Å². The molecule has 0 bridgehead atoms. The average Bonchev–Trinajstić information content (AvgIpc) is 2.70. The molecule has 3 aromatic rings. The molecule has 0 N–H and O–H groups in total. The van der Waals surface area contributed by atoms with Gasteiger partial charge in [-0.3, -0.25) is 0 Å². The summed E-state index contributed by atoms with van der Waals surface area (Å²) >= 11 is 0. The molecule has 0 heterocycles. The Bertz CT molecular complexity index is 814. The molecule has 0 fully saturated rings. The molecule has 0 unspecified atom stereocenters. The summed E-state index contributed by atoms with van der Waals surface area (Å²) in [6.45, 7) is 0.859. The lowest BCUT2D eigenvalue weighted by Gasteiger charge is -2.25. The van der Waals surface area contributed by atoms with E-state index >= 15 is 0 Å². The summed E-state index contributed by atoms with van der Waals surface area (Å²) in [6.07, 6.45) is 1.02. The number of hydrogen-bond acceptors (Lipinski definition) is 1. The molecule has 0 atom stereocenters. The molecule has 0 saturated carbocycles. The number of nitrogens with zero attached hydrogens (tertiary/aromatic N) is 1. The van der Waals surface area contributed by atoms with Gasteiger partial charge in [-0.1, -0.05) is 97.9 Å². The second-order valence-corrected chi connectivity index (χ2v) is 8.90. The van der Waals surface area contributed by atoms with E-state index in [9.17, 15) is 0 Å². The van der Waals surface area contributed by atoms with Gasteiger partial charge in [-0.2, -0.15) is 0 Å². The van der Waals surface area contributed by atoms with E-state index in [2.05, 4.69) is 114 Å². The molecule has 0 amide bonds. The predicted octanol–water partition coefficient (Wildman–Crippen LogP) is 4.02. The fourth-order valence-corrected chi connectivity index (χ4v) is 6.23. The Morgan fingerprint density at radius 2 is 1.08 bits per heavy atom. The average molecular weight is 343 g/mol. The Morgan fingerprint density at radius 1 is 0.680 bits per heavy atom. The third kappa shape index (κ3) is 3.76. The van der Waals surface area contributed by atoms with Crippen LogP contribution in [0.4, 0.5) is 0 Å². The second kappa shape index (κ2) is 8.52. The minimum absolute atomic E-state index is 0.783. The second-order valence-electron chi connectivity index (χ2n) is 5.78. The van der Waals surface area contributed by atoms with Gasteiger partial charge in [0.2, 0.25) is 0 Å². The normalized spacial score (nSPS) is 10.6. The van der Waals surface area contributed by atoms with Gasteiger partial charge < -0.3 is 0 Å². The van der Waals surface area contributed by atoms with E-state index in [1.807, 2.05) is 0 Å². The lowest BCUT2D eigenvalue weighted by Crippen LogP contribution is -2.25. The summed E-state index contributed by atoms with van der Waals surface area (Å²) in [5, 5.41) is 3.81. The molecule has 0 aromatic heterocycles. The summed E-state index contributed by atoms with van der Waals surface area (Å²) in [5.74, 6) is 3.15. The molecule has 0 aliphatic carbocycles. The molecule has 0 saturated heterocycles. The highest BCUT2D eigenvalue weighted by molar-refractivity contribution is 7.94. The first-order chi connectivity index (χ1) is 12.4. The van der Waals surface area contributed by atoms with E-state index in [1.165, 1.54) is 15.9 Å². The largest absolute Gasteiger partial charge is 0.235 e. The zero-order chi connectivity index (χ0) is 17.4. The smallest absolute Gasteiger partial charge is 0.0488 e. The lowest BCUT2D eigenvalue weighted by molar-refractivity contribution is 0.939. The van der Waals surface area contributed by atoms with Crippen molar-refractivity contribution in [1.82, 2.24) is 0 Å². The first kappa shape index (κ1) is 17.3. The minimum atomic E-state index is -2.05. The number of aliphatic imine (C=N–C) groups is 1. The number of hydrogen-bond donors (Lipinski definition) is 0. The minimum Gasteiger partial charge on any atom is -0.235 e. The Labute approximate surface area is 150 Å². The Kier molecular flexibility index (Phi) is 5.89. The van der Waals surface area contributed by atoms with Crippen LogP contribution >= 0.6 is 6.89 Å². The fraction of sp³-hybridized carbons (Fsp3) is 0.130. The molecule has 25 heavy (non-hydrogen) atoms. The van der Waals surface area contributed by atoms with Crippen LogP contribution in [-0.4, -0.2) is 17.9 Å². The highest BCUT2D eigenvalue weighted by Gasteiger charge is 2.24. The summed E-state index contributed by atoms with van der Waals surface area (Å²) in [4.78, 5) is 4.42. The highest BCUT2D eigenvalue weighted by Crippen LogP contribution is 2.42. The van der Waals surface area contributed by atoms with Gasteiger partial charge in [0.15, 0.2) is 0 Å². The van der Waals surface area contributed by atoms with Crippen molar-refractivity contribution in [2.45, 2.75) is 13.3 Å². The van der Waals surface area contributed by atoms with E-state index in [-0.39, 0.29) is 0 Å². The zero-order valence-electron chi connectivity index (χ0n) is 14.5. The van der Waals surface area contributed by atoms with Crippen LogP contribution in [0, 0.1) is 0 Å². The fourth-order valence-electron chi connectivity index (χ4n) is 2.87. The van der Waals surface area contributed by atoms with Gasteiger partial charge in [-0.05, 0) is 27.8 Å². The molecule has 0 spiro atoms. The van der Waals surface area contributed by atoms with Crippen molar-refractivity contribution in [3.8, 4) is 0 Å². The van der Waals surface area contributed by atoms with Gasteiger partial charge in [-0.25, -0.2) is 4.99 Å². The number of benzene rings is 3. The quantitative estimate of drug-likeness (QED) is 0.490. The first-order valence-corrected chi connectivity index (χ1v) is 10.4. The maximum atomic E-state index is 4.42. The van der Waals surface area contributed by atoms with Crippen molar-refractivity contribution in [3.63, 3.8) is 0 Å². The molecule has 1 nitrogen and oxygen atoms in total. The third-order valence-electron chi connectivity index (χ3n) is 4.06.